The van der Waals surface area contributed by atoms with Crippen molar-refractivity contribution < 1.29 is 18.7 Å². The molecule has 1 unspecified atom stereocenters. The van der Waals surface area contributed by atoms with Crippen LogP contribution in [0.2, 0.25) is 10.3 Å². The monoisotopic (exact) mass is 434 g/mol. The minimum atomic E-state index is -0.681. The molecule has 0 radical (unpaired) electrons. The van der Waals surface area contributed by atoms with E-state index in [-0.39, 0.29) is 21.9 Å². The van der Waals surface area contributed by atoms with E-state index in [1.807, 2.05) is 0 Å². The fraction of sp³-hybridized carbons (Fsp3) is 0.0952. The van der Waals surface area contributed by atoms with Gasteiger partial charge in [0.2, 0.25) is 0 Å². The van der Waals surface area contributed by atoms with E-state index in [4.69, 9.17) is 23.2 Å². The average molecular weight is 435 g/mol. The summed E-state index contributed by atoms with van der Waals surface area (Å²) in [5.41, 5.74) is 1.80. The van der Waals surface area contributed by atoms with Crippen molar-refractivity contribution in [1.29, 1.82) is 0 Å². The van der Waals surface area contributed by atoms with Gasteiger partial charge in [0.1, 0.15) is 21.9 Å². The number of benzene rings is 2. The van der Waals surface area contributed by atoms with Gasteiger partial charge in [0.15, 0.2) is 6.29 Å². The summed E-state index contributed by atoms with van der Waals surface area (Å²) in [5, 5.41) is 11.2. The standard InChI is InChI=1S/C11H9ClFNO.C10H5ClFNO/c1-6(15)9-4-7-2-3-8(13)5-10(7)14-11(9)12;11-10-7(5-14)3-6-1-2-8(12)4-9(6)13-10/h2-6,15H,1H3;1-5H. The lowest BCUT2D eigenvalue weighted by atomic mass is 10.1. The quantitative estimate of drug-likeness (QED) is 0.314. The molecular weight excluding hydrogens is 421 g/mol. The number of aldehydes is 1. The summed E-state index contributed by atoms with van der Waals surface area (Å²) in [7, 11) is 0. The van der Waals surface area contributed by atoms with Crippen LogP contribution in [0, 0.1) is 11.6 Å². The molecule has 1 atom stereocenters. The first-order valence-corrected chi connectivity index (χ1v) is 9.19. The summed E-state index contributed by atoms with van der Waals surface area (Å²) in [6, 6.07) is 11.7. The normalized spacial score (nSPS) is 11.8. The molecule has 29 heavy (non-hydrogen) atoms. The van der Waals surface area contributed by atoms with E-state index in [0.717, 1.165) is 5.39 Å². The van der Waals surface area contributed by atoms with Crippen molar-refractivity contribution in [2.45, 2.75) is 13.0 Å². The Hall–Kier alpha value is -2.67. The summed E-state index contributed by atoms with van der Waals surface area (Å²) in [6.07, 6.45) is -0.0579. The lowest BCUT2D eigenvalue weighted by Gasteiger charge is -2.08. The summed E-state index contributed by atoms with van der Waals surface area (Å²) >= 11 is 11.5. The third-order valence-corrected chi connectivity index (χ3v) is 4.70. The molecule has 0 bridgehead atoms. The van der Waals surface area contributed by atoms with E-state index in [9.17, 15) is 18.7 Å². The SMILES string of the molecule is CC(O)c1cc2ccc(F)cc2nc1Cl.O=Cc1cc2ccc(F)cc2nc1Cl. The van der Waals surface area contributed by atoms with Crippen molar-refractivity contribution in [2.24, 2.45) is 0 Å². The second kappa shape index (κ2) is 8.78. The number of aliphatic hydroxyl groups excluding tert-OH is 1. The lowest BCUT2D eigenvalue weighted by Crippen LogP contribution is -1.95. The van der Waals surface area contributed by atoms with Gasteiger partial charge >= 0.3 is 0 Å². The lowest BCUT2D eigenvalue weighted by molar-refractivity contribution is 0.112. The molecule has 8 heteroatoms. The Morgan fingerprint density at radius 3 is 1.93 bits per heavy atom. The van der Waals surface area contributed by atoms with E-state index in [2.05, 4.69) is 9.97 Å². The summed E-state index contributed by atoms with van der Waals surface area (Å²) in [6.45, 7) is 1.61. The van der Waals surface area contributed by atoms with Gasteiger partial charge in [-0.2, -0.15) is 0 Å². The number of aromatic nitrogens is 2. The number of aliphatic hydroxyl groups is 1. The third-order valence-electron chi connectivity index (χ3n) is 4.10. The molecule has 0 saturated heterocycles. The van der Waals surface area contributed by atoms with E-state index >= 15 is 0 Å². The van der Waals surface area contributed by atoms with E-state index in [0.29, 0.717) is 33.8 Å². The molecule has 4 rings (SSSR count). The number of pyridine rings is 2. The number of hydrogen-bond donors (Lipinski definition) is 1. The molecule has 4 aromatic rings. The molecule has 0 saturated carbocycles. The number of hydrogen-bond acceptors (Lipinski definition) is 4. The van der Waals surface area contributed by atoms with Gasteiger partial charge in [-0.3, -0.25) is 4.79 Å². The van der Waals surface area contributed by atoms with Crippen LogP contribution in [-0.2, 0) is 0 Å². The van der Waals surface area contributed by atoms with Crippen molar-refractivity contribution >= 4 is 51.3 Å². The number of carbonyl (C=O) groups excluding carboxylic acids is 1. The van der Waals surface area contributed by atoms with Crippen LogP contribution in [0.3, 0.4) is 0 Å². The Balaban J connectivity index is 0.000000166. The van der Waals surface area contributed by atoms with Crippen molar-refractivity contribution in [3.05, 3.63) is 81.6 Å². The zero-order valence-corrected chi connectivity index (χ0v) is 16.5. The predicted molar refractivity (Wildman–Crippen MR) is 109 cm³/mol. The number of rotatable bonds is 2. The Kier molecular flexibility index (Phi) is 6.37. The average Bonchev–Trinajstić information content (AvgIpc) is 2.67. The van der Waals surface area contributed by atoms with Crippen LogP contribution >= 0.6 is 23.2 Å². The zero-order valence-electron chi connectivity index (χ0n) is 15.0. The van der Waals surface area contributed by atoms with Crippen LogP contribution in [0.4, 0.5) is 8.78 Å². The topological polar surface area (TPSA) is 63.1 Å². The summed E-state index contributed by atoms with van der Waals surface area (Å²) in [5.74, 6) is -0.726. The van der Waals surface area contributed by atoms with Gasteiger partial charge in [-0.05, 0) is 43.3 Å². The molecule has 0 spiro atoms. The van der Waals surface area contributed by atoms with Gasteiger partial charge in [0, 0.05) is 28.5 Å². The van der Waals surface area contributed by atoms with Gasteiger partial charge in [0.05, 0.1) is 22.7 Å². The first-order valence-electron chi connectivity index (χ1n) is 8.43. The Morgan fingerprint density at radius 1 is 0.897 bits per heavy atom. The van der Waals surface area contributed by atoms with Gasteiger partial charge < -0.3 is 5.11 Å². The molecule has 0 fully saturated rings. The number of carbonyl (C=O) groups is 1. The molecule has 2 aromatic carbocycles. The highest BCUT2D eigenvalue weighted by atomic mass is 35.5. The van der Waals surface area contributed by atoms with E-state index in [1.165, 1.54) is 24.3 Å². The molecule has 2 aromatic heterocycles. The van der Waals surface area contributed by atoms with Crippen LogP contribution in [-0.4, -0.2) is 21.4 Å². The van der Waals surface area contributed by atoms with Gasteiger partial charge in [-0.15, -0.1) is 0 Å². The number of nitrogens with zero attached hydrogens (tertiary/aromatic N) is 2. The summed E-state index contributed by atoms with van der Waals surface area (Å²) < 4.78 is 25.7. The maximum atomic E-state index is 12.9. The van der Waals surface area contributed by atoms with Crippen molar-refractivity contribution in [2.75, 3.05) is 0 Å². The minimum absolute atomic E-state index is 0.0955. The molecule has 0 aliphatic carbocycles. The first kappa shape index (κ1) is 21.0. The van der Waals surface area contributed by atoms with Crippen LogP contribution in [0.15, 0.2) is 48.5 Å². The molecule has 4 nitrogen and oxygen atoms in total. The fourth-order valence-electron chi connectivity index (χ4n) is 2.64. The number of fused-ring (bicyclic) bond motifs is 2. The smallest absolute Gasteiger partial charge is 0.153 e. The molecule has 2 heterocycles. The minimum Gasteiger partial charge on any atom is -0.389 e. The summed E-state index contributed by atoms with van der Waals surface area (Å²) in [4.78, 5) is 18.5. The van der Waals surface area contributed by atoms with Crippen molar-refractivity contribution in [3.8, 4) is 0 Å². The zero-order chi connectivity index (χ0) is 21.1. The van der Waals surface area contributed by atoms with E-state index < -0.39 is 6.10 Å². The predicted octanol–water partition coefficient (Wildman–Crippen LogP) is 5.92. The second-order valence-corrected chi connectivity index (χ2v) is 6.92. The van der Waals surface area contributed by atoms with Crippen LogP contribution in [0.1, 0.15) is 28.9 Å². The van der Waals surface area contributed by atoms with Gasteiger partial charge in [-0.25, -0.2) is 18.7 Å². The molecule has 148 valence electrons. The molecule has 0 amide bonds. The molecule has 1 N–H and O–H groups in total. The van der Waals surface area contributed by atoms with Crippen molar-refractivity contribution in [1.82, 2.24) is 9.97 Å². The first-order chi connectivity index (χ1) is 13.8. The van der Waals surface area contributed by atoms with Crippen LogP contribution in [0.5, 0.6) is 0 Å². The van der Waals surface area contributed by atoms with Crippen LogP contribution < -0.4 is 0 Å². The molecule has 0 aliphatic heterocycles. The number of halogens is 4. The highest BCUT2D eigenvalue weighted by Crippen LogP contribution is 2.25. The Morgan fingerprint density at radius 2 is 1.41 bits per heavy atom. The Bertz CT molecular complexity index is 1220. The third kappa shape index (κ3) is 4.85. The highest BCUT2D eigenvalue weighted by Gasteiger charge is 2.10. The maximum absolute atomic E-state index is 12.9. The maximum Gasteiger partial charge on any atom is 0.153 e. The molecular formula is C21H14Cl2F2N2O2. The van der Waals surface area contributed by atoms with Gasteiger partial charge in [-0.1, -0.05) is 23.2 Å². The van der Waals surface area contributed by atoms with Crippen molar-refractivity contribution in [3.63, 3.8) is 0 Å². The van der Waals surface area contributed by atoms with E-state index in [1.54, 1.807) is 31.2 Å². The van der Waals surface area contributed by atoms with Crippen LogP contribution in [0.25, 0.3) is 21.8 Å². The fourth-order valence-corrected chi connectivity index (χ4v) is 3.14. The highest BCUT2D eigenvalue weighted by molar-refractivity contribution is 6.32. The Labute approximate surface area is 174 Å². The molecule has 0 aliphatic rings. The second-order valence-electron chi connectivity index (χ2n) is 6.20. The largest absolute Gasteiger partial charge is 0.389 e. The van der Waals surface area contributed by atoms with Gasteiger partial charge in [0.25, 0.3) is 0 Å².